The van der Waals surface area contributed by atoms with Crippen molar-refractivity contribution >= 4 is 48.1 Å². The Labute approximate surface area is 214 Å². The number of benzene rings is 2. The first-order valence-electron chi connectivity index (χ1n) is 10.7. The Kier molecular flexibility index (Phi) is 9.98. The molecule has 0 saturated carbocycles. The molecule has 2 aliphatic rings. The van der Waals surface area contributed by atoms with Crippen molar-refractivity contribution in [1.82, 2.24) is 0 Å². The van der Waals surface area contributed by atoms with E-state index >= 15 is 0 Å². The van der Waals surface area contributed by atoms with Gasteiger partial charge in [0.25, 0.3) is 0 Å². The number of fused-ring (bicyclic) bond motifs is 2. The van der Waals surface area contributed by atoms with E-state index in [0.29, 0.717) is 22.1 Å². The monoisotopic (exact) mass is 531 g/mol. The van der Waals surface area contributed by atoms with E-state index in [0.717, 1.165) is 12.3 Å². The van der Waals surface area contributed by atoms with Gasteiger partial charge in [0.15, 0.2) is 5.17 Å². The van der Waals surface area contributed by atoms with E-state index in [1.165, 1.54) is 18.2 Å². The van der Waals surface area contributed by atoms with E-state index in [9.17, 15) is 23.2 Å². The van der Waals surface area contributed by atoms with Crippen molar-refractivity contribution in [2.45, 2.75) is 46.3 Å². The van der Waals surface area contributed by atoms with E-state index in [1.807, 2.05) is 0 Å². The normalized spacial score (nSPS) is 17.3. The third kappa shape index (κ3) is 6.22. The van der Waals surface area contributed by atoms with Crippen LogP contribution in [0.5, 0.6) is 0 Å². The third-order valence-electron chi connectivity index (χ3n) is 5.46. The number of alkyl halides is 1. The molecule has 196 valence electrons. The highest BCUT2D eigenvalue weighted by atomic mass is 35.5. The zero-order valence-electron chi connectivity index (χ0n) is 20.3. The molecule has 0 amide bonds. The van der Waals surface area contributed by atoms with Gasteiger partial charge < -0.3 is 29.8 Å². The molecule has 0 radical (unpaired) electrons. The second kappa shape index (κ2) is 12.1. The van der Waals surface area contributed by atoms with E-state index < -0.39 is 44.2 Å². The number of oxime groups is 2. The standard InChI is InChI=1S/C10H10BClFNO3.C10H11BFNO3.CH3F.CH4/c1-10(2)6-3-5(9(12)14-16)8(13)4-7(6)11(15)17-10;1-10(2)7-3-6(5-13-15)9(12)4-8(7)11(14)16-10;1-2;/h3-4,15-16H,1-2H3;3-5,14-15H,1-2H3;1H3;1H4/i;;1D;. The minimum absolute atomic E-state index is 0. The van der Waals surface area contributed by atoms with Gasteiger partial charge >= 0.3 is 14.2 Å². The Bertz CT molecular complexity index is 1170. The van der Waals surface area contributed by atoms with Crippen molar-refractivity contribution in [3.8, 4) is 0 Å². The van der Waals surface area contributed by atoms with Crippen LogP contribution in [0, 0.1) is 11.6 Å². The Morgan fingerprint density at radius 2 is 1.42 bits per heavy atom. The second-order valence-corrected chi connectivity index (χ2v) is 8.83. The lowest BCUT2D eigenvalue weighted by Gasteiger charge is -2.20. The quantitative estimate of drug-likeness (QED) is 0.205. The predicted octanol–water partition coefficient (Wildman–Crippen LogP) is 2.96. The first-order chi connectivity index (χ1) is 16.7. The van der Waals surface area contributed by atoms with Crippen LogP contribution in [-0.2, 0) is 20.5 Å². The highest BCUT2D eigenvalue weighted by Crippen LogP contribution is 2.32. The maximum absolute atomic E-state index is 13.7. The lowest BCUT2D eigenvalue weighted by molar-refractivity contribution is 0.100. The minimum Gasteiger partial charge on any atom is -0.423 e. The molecule has 0 fully saturated rings. The average molecular weight is 532 g/mol. The first kappa shape index (κ1) is 29.7. The second-order valence-electron chi connectivity index (χ2n) is 8.48. The van der Waals surface area contributed by atoms with Gasteiger partial charge in [-0.3, -0.25) is 4.39 Å². The molecule has 0 saturated heterocycles. The van der Waals surface area contributed by atoms with Gasteiger partial charge in [-0.2, -0.15) is 0 Å². The zero-order chi connectivity index (χ0) is 27.4. The van der Waals surface area contributed by atoms with E-state index in [2.05, 4.69) is 10.3 Å². The van der Waals surface area contributed by atoms with Crippen molar-refractivity contribution in [3.05, 3.63) is 58.2 Å². The molecule has 0 unspecified atom stereocenters. The summed E-state index contributed by atoms with van der Waals surface area (Å²) >= 11 is 5.58. The molecule has 2 aliphatic heterocycles. The van der Waals surface area contributed by atoms with Gasteiger partial charge in [-0.15, -0.1) is 0 Å². The fraction of sp³-hybridized carbons (Fsp3) is 0.364. The summed E-state index contributed by atoms with van der Waals surface area (Å²) in [5, 5.41) is 41.4. The number of rotatable bonds is 2. The number of hydrogen-bond acceptors (Lipinski definition) is 8. The summed E-state index contributed by atoms with van der Waals surface area (Å²) in [6, 6.07) is 5.27. The van der Waals surface area contributed by atoms with Gasteiger partial charge in [0.1, 0.15) is 11.6 Å². The summed E-state index contributed by atoms with van der Waals surface area (Å²) in [4.78, 5) is 0. The number of nitrogens with zero attached hydrogens (tertiary/aromatic N) is 2. The SMILES string of the molecule is C.CC1(C)OB(O)c2cc(F)c(C(Cl)=NO)cc21.CC1(C)OB(O)c2cc(F)c(C=NO)cc21.[2H]CF. The molecule has 4 N–H and O–H groups in total. The number of halogens is 4. The molecule has 8 nitrogen and oxygen atoms in total. The summed E-state index contributed by atoms with van der Waals surface area (Å²) < 4.78 is 53.2. The van der Waals surface area contributed by atoms with Crippen LogP contribution in [0.15, 0.2) is 34.6 Å². The molecule has 14 heteroatoms. The summed E-state index contributed by atoms with van der Waals surface area (Å²) in [5.74, 6) is -1.23. The lowest BCUT2D eigenvalue weighted by atomic mass is 9.77. The van der Waals surface area contributed by atoms with Crippen LogP contribution in [0.3, 0.4) is 0 Å². The Balaban J connectivity index is 0.000000327. The molecule has 0 atom stereocenters. The van der Waals surface area contributed by atoms with Crippen LogP contribution < -0.4 is 10.9 Å². The van der Waals surface area contributed by atoms with E-state index in [1.54, 1.807) is 27.7 Å². The minimum atomic E-state index is -1.16. The van der Waals surface area contributed by atoms with Crippen LogP contribution in [0.2, 0.25) is 0 Å². The van der Waals surface area contributed by atoms with Crippen LogP contribution in [0.4, 0.5) is 13.2 Å². The molecule has 2 aromatic rings. The Hall–Kier alpha value is -2.57. The summed E-state index contributed by atoms with van der Waals surface area (Å²) in [6.07, 6.45) is 1.01. The zero-order valence-corrected chi connectivity index (χ0v) is 20.0. The largest absolute Gasteiger partial charge is 0.492 e. The van der Waals surface area contributed by atoms with Crippen molar-refractivity contribution in [2.24, 2.45) is 10.3 Å². The van der Waals surface area contributed by atoms with Gasteiger partial charge in [0, 0.05) is 5.56 Å². The molecule has 0 aliphatic carbocycles. The topological polar surface area (TPSA) is 124 Å². The van der Waals surface area contributed by atoms with Gasteiger partial charge in [0.2, 0.25) is 0 Å². The molecular formula is C22H28B2ClF3N2O6. The van der Waals surface area contributed by atoms with Crippen LogP contribution in [0.25, 0.3) is 0 Å². The fourth-order valence-corrected chi connectivity index (χ4v) is 3.98. The van der Waals surface area contributed by atoms with Crippen molar-refractivity contribution in [3.63, 3.8) is 0 Å². The molecule has 4 rings (SSSR count). The molecule has 0 aromatic heterocycles. The summed E-state index contributed by atoms with van der Waals surface area (Å²) in [7, 11) is -3.27. The third-order valence-corrected chi connectivity index (χ3v) is 5.74. The van der Waals surface area contributed by atoms with Gasteiger partial charge in [-0.25, -0.2) is 8.78 Å². The van der Waals surface area contributed by atoms with E-state index in [-0.39, 0.29) is 23.7 Å². The number of hydrogen-bond donors (Lipinski definition) is 4. The fourth-order valence-electron chi connectivity index (χ4n) is 3.83. The van der Waals surface area contributed by atoms with Crippen LogP contribution in [0.1, 0.15) is 58.7 Å². The lowest BCUT2D eigenvalue weighted by Crippen LogP contribution is -2.29. The molecule has 36 heavy (non-hydrogen) atoms. The molecule has 2 aromatic carbocycles. The van der Waals surface area contributed by atoms with Crippen molar-refractivity contribution < 1.29 is 44.3 Å². The van der Waals surface area contributed by atoms with Gasteiger partial charge in [-0.1, -0.05) is 29.3 Å². The Morgan fingerprint density at radius 3 is 1.86 bits per heavy atom. The smallest absolute Gasteiger partial charge is 0.423 e. The molecular weight excluding hydrogens is 502 g/mol. The first-order valence-corrected chi connectivity index (χ1v) is 10.4. The van der Waals surface area contributed by atoms with Gasteiger partial charge in [-0.05, 0) is 74.0 Å². The predicted molar refractivity (Wildman–Crippen MR) is 134 cm³/mol. The van der Waals surface area contributed by atoms with Crippen LogP contribution in [-0.4, -0.2) is 53.2 Å². The van der Waals surface area contributed by atoms with Crippen molar-refractivity contribution in [2.75, 3.05) is 7.15 Å². The highest BCUT2D eigenvalue weighted by molar-refractivity contribution is 6.69. The average Bonchev–Trinajstić information content (AvgIpc) is 3.14. The molecule has 2 heterocycles. The molecule has 0 spiro atoms. The maximum Gasteiger partial charge on any atom is 0.492 e. The van der Waals surface area contributed by atoms with Gasteiger partial charge in [0.05, 0.1) is 31.5 Å². The molecule has 0 bridgehead atoms. The maximum atomic E-state index is 13.7. The van der Waals surface area contributed by atoms with E-state index in [4.69, 9.17) is 32.7 Å². The summed E-state index contributed by atoms with van der Waals surface area (Å²) in [6.45, 7) is 7.04. The summed E-state index contributed by atoms with van der Waals surface area (Å²) in [5.41, 5.74) is 0.783. The highest BCUT2D eigenvalue weighted by Gasteiger charge is 2.42. The van der Waals surface area contributed by atoms with Crippen LogP contribution >= 0.6 is 11.6 Å². The van der Waals surface area contributed by atoms with Crippen molar-refractivity contribution in [1.29, 1.82) is 0 Å². The Morgan fingerprint density at radius 1 is 0.972 bits per heavy atom.